The van der Waals surface area contributed by atoms with E-state index in [1.165, 1.54) is 13.2 Å². The average Bonchev–Trinajstić information content (AvgIpc) is 3.51. The number of halogens is 2. The highest BCUT2D eigenvalue weighted by atomic mass is 35.5. The van der Waals surface area contributed by atoms with Crippen LogP contribution in [0.1, 0.15) is 50.5 Å². The highest BCUT2D eigenvalue weighted by molar-refractivity contribution is 6.30. The zero-order chi connectivity index (χ0) is 33.2. The fourth-order valence-electron chi connectivity index (χ4n) is 6.31. The smallest absolute Gasteiger partial charge is 0.227 e. The number of Topliss-reactive ketones (excluding diaryl/α,β-unsaturated/α-hetero) is 1. The Bertz CT molecular complexity index is 1280. The molecule has 1 unspecified atom stereocenters. The van der Waals surface area contributed by atoms with Crippen LogP contribution in [0.4, 0.5) is 10.3 Å². The molecule has 2 fully saturated rings. The molecule has 0 spiro atoms. The number of hydrogen-bond donors (Lipinski definition) is 3. The van der Waals surface area contributed by atoms with Gasteiger partial charge in [-0.25, -0.2) is 14.4 Å². The van der Waals surface area contributed by atoms with Crippen LogP contribution in [0.2, 0.25) is 5.02 Å². The van der Waals surface area contributed by atoms with Gasteiger partial charge in [0, 0.05) is 51.2 Å². The number of methoxy groups -OCH3 is 1. The van der Waals surface area contributed by atoms with Gasteiger partial charge in [0.05, 0.1) is 62.3 Å². The summed E-state index contributed by atoms with van der Waals surface area (Å²) in [6, 6.07) is 4.55. The van der Waals surface area contributed by atoms with E-state index in [4.69, 9.17) is 21.1 Å². The molecule has 254 valence electrons. The number of amides is 1. The summed E-state index contributed by atoms with van der Waals surface area (Å²) in [5, 5.41) is 29.3. The highest BCUT2D eigenvalue weighted by Crippen LogP contribution is 2.36. The number of anilines is 1. The number of nitrogens with zero attached hydrogens (tertiary/aromatic N) is 4. The van der Waals surface area contributed by atoms with Crippen LogP contribution >= 0.6 is 11.6 Å². The van der Waals surface area contributed by atoms with Crippen LogP contribution in [0.5, 0.6) is 5.75 Å². The van der Waals surface area contributed by atoms with Gasteiger partial charge < -0.3 is 34.6 Å². The first-order valence-electron chi connectivity index (χ1n) is 15.9. The van der Waals surface area contributed by atoms with E-state index in [2.05, 4.69) is 14.9 Å². The first-order valence-corrected chi connectivity index (χ1v) is 16.3. The van der Waals surface area contributed by atoms with Crippen LogP contribution in [-0.2, 0) is 20.7 Å². The molecule has 13 heteroatoms. The summed E-state index contributed by atoms with van der Waals surface area (Å²) in [4.78, 5) is 38.8. The number of aromatic nitrogens is 2. The van der Waals surface area contributed by atoms with Crippen molar-refractivity contribution in [3.05, 3.63) is 47.0 Å². The van der Waals surface area contributed by atoms with Crippen molar-refractivity contribution >= 4 is 29.2 Å². The molecule has 4 rings (SSSR count). The highest BCUT2D eigenvalue weighted by Gasteiger charge is 2.46. The lowest BCUT2D eigenvalue weighted by Gasteiger charge is -2.31. The number of benzene rings is 1. The van der Waals surface area contributed by atoms with E-state index >= 15 is 4.39 Å². The lowest BCUT2D eigenvalue weighted by Crippen LogP contribution is -2.42. The third-order valence-electron chi connectivity index (χ3n) is 9.50. The molecule has 2 aliphatic heterocycles. The number of aliphatic hydroxyl groups is 3. The molecule has 2 aliphatic rings. The van der Waals surface area contributed by atoms with Crippen LogP contribution in [0.15, 0.2) is 30.6 Å². The minimum atomic E-state index is -1.15. The summed E-state index contributed by atoms with van der Waals surface area (Å²) in [7, 11) is 1.49. The van der Waals surface area contributed by atoms with Crippen molar-refractivity contribution in [1.29, 1.82) is 0 Å². The maximum atomic E-state index is 15.0. The first kappa shape index (κ1) is 35.9. The maximum absolute atomic E-state index is 15.0. The molecule has 1 atom stereocenters. The SMILES string of the molecule is COCC1(C(=O)CCC(CO)(CO)CO)CCN(C(=O)Cc2ccc(OCCCC3CCN(c4ncc(Cl)cn4)CC3)cc2F)C1. The second-order valence-electron chi connectivity index (χ2n) is 12.7. The van der Waals surface area contributed by atoms with Crippen molar-refractivity contribution in [2.45, 2.75) is 51.4 Å². The Balaban J connectivity index is 1.21. The zero-order valence-electron chi connectivity index (χ0n) is 26.5. The average molecular weight is 665 g/mol. The number of ketones is 1. The number of ether oxygens (including phenoxy) is 2. The van der Waals surface area contributed by atoms with Crippen LogP contribution in [0.3, 0.4) is 0 Å². The Morgan fingerprint density at radius 1 is 1.11 bits per heavy atom. The molecule has 0 aliphatic carbocycles. The largest absolute Gasteiger partial charge is 0.493 e. The molecule has 46 heavy (non-hydrogen) atoms. The number of likely N-dealkylation sites (tertiary alicyclic amines) is 1. The van der Waals surface area contributed by atoms with E-state index in [1.54, 1.807) is 29.4 Å². The van der Waals surface area contributed by atoms with E-state index < -0.39 is 36.5 Å². The van der Waals surface area contributed by atoms with Crippen molar-refractivity contribution in [2.75, 3.05) is 71.2 Å². The standard InChI is InChI=1S/C33H46ClFN4O7/c1-45-23-33(29(43)6-9-32(20-40,21-41)22-42)10-13-39(19-33)30(44)15-25-4-5-27(16-28(25)35)46-14-2-3-24-7-11-38(12-8-24)31-36-17-26(34)18-37-31/h4-5,16-18,24,40-42H,2-3,6-15,19-23H2,1H3. The van der Waals surface area contributed by atoms with Gasteiger partial charge in [0.25, 0.3) is 0 Å². The van der Waals surface area contributed by atoms with E-state index in [0.717, 1.165) is 38.8 Å². The fraction of sp³-hybridized carbons (Fsp3) is 0.636. The molecular formula is C33H46ClFN4O7. The summed E-state index contributed by atoms with van der Waals surface area (Å²) in [5.41, 5.74) is -1.84. The molecule has 0 saturated carbocycles. The van der Waals surface area contributed by atoms with Gasteiger partial charge in [0.1, 0.15) is 17.3 Å². The van der Waals surface area contributed by atoms with Crippen molar-refractivity contribution in [3.63, 3.8) is 0 Å². The molecule has 0 radical (unpaired) electrons. The van der Waals surface area contributed by atoms with Gasteiger partial charge in [-0.05, 0) is 56.1 Å². The minimum Gasteiger partial charge on any atom is -0.493 e. The number of aliphatic hydroxyl groups excluding tert-OH is 3. The predicted molar refractivity (Wildman–Crippen MR) is 170 cm³/mol. The maximum Gasteiger partial charge on any atom is 0.227 e. The molecule has 1 amide bonds. The van der Waals surface area contributed by atoms with Crippen molar-refractivity contribution in [1.82, 2.24) is 14.9 Å². The normalized spacial score (nSPS) is 19.1. The number of hydrogen-bond acceptors (Lipinski definition) is 10. The molecule has 1 aromatic heterocycles. The van der Waals surface area contributed by atoms with Crippen LogP contribution in [0, 0.1) is 22.6 Å². The number of piperidine rings is 1. The molecule has 3 N–H and O–H groups in total. The van der Waals surface area contributed by atoms with E-state index in [9.17, 15) is 24.9 Å². The zero-order valence-corrected chi connectivity index (χ0v) is 27.3. The molecule has 2 saturated heterocycles. The van der Waals surface area contributed by atoms with Crippen molar-refractivity contribution in [3.8, 4) is 5.75 Å². The van der Waals surface area contributed by atoms with E-state index in [-0.39, 0.29) is 49.7 Å². The Hall–Kier alpha value is -2.90. The van der Waals surface area contributed by atoms with Crippen LogP contribution in [-0.4, -0.2) is 108 Å². The Labute approximate surface area is 274 Å². The molecule has 11 nitrogen and oxygen atoms in total. The van der Waals surface area contributed by atoms with Gasteiger partial charge in [-0.15, -0.1) is 0 Å². The lowest BCUT2D eigenvalue weighted by atomic mass is 9.77. The lowest BCUT2D eigenvalue weighted by molar-refractivity contribution is -0.134. The second kappa shape index (κ2) is 16.8. The molecule has 0 bridgehead atoms. The monoisotopic (exact) mass is 664 g/mol. The quantitative estimate of drug-likeness (QED) is 0.216. The second-order valence-corrected chi connectivity index (χ2v) is 13.2. The molecular weight excluding hydrogens is 619 g/mol. The van der Waals surface area contributed by atoms with E-state index in [1.807, 2.05) is 0 Å². The Morgan fingerprint density at radius 3 is 2.43 bits per heavy atom. The number of rotatable bonds is 17. The summed E-state index contributed by atoms with van der Waals surface area (Å²) in [6.45, 7) is 1.47. The first-order chi connectivity index (χ1) is 22.2. The van der Waals surface area contributed by atoms with Crippen LogP contribution in [0.25, 0.3) is 0 Å². The molecule has 1 aromatic carbocycles. The molecule has 3 heterocycles. The van der Waals surface area contributed by atoms with Gasteiger partial charge in [0.2, 0.25) is 11.9 Å². The van der Waals surface area contributed by atoms with Gasteiger partial charge in [0.15, 0.2) is 0 Å². The summed E-state index contributed by atoms with van der Waals surface area (Å²) in [6.07, 6.45) is 7.53. The number of carbonyl (C=O) groups is 2. The van der Waals surface area contributed by atoms with Gasteiger partial charge >= 0.3 is 0 Å². The summed E-state index contributed by atoms with van der Waals surface area (Å²) in [5.74, 6) is 0.732. The Kier molecular flexibility index (Phi) is 13.1. The van der Waals surface area contributed by atoms with Crippen molar-refractivity contribution in [2.24, 2.45) is 16.7 Å². The van der Waals surface area contributed by atoms with Crippen LogP contribution < -0.4 is 9.64 Å². The topological polar surface area (TPSA) is 146 Å². The summed E-state index contributed by atoms with van der Waals surface area (Å²) >= 11 is 5.88. The third kappa shape index (κ3) is 9.13. The van der Waals surface area contributed by atoms with Gasteiger partial charge in [-0.2, -0.15) is 0 Å². The summed E-state index contributed by atoms with van der Waals surface area (Å²) < 4.78 is 26.2. The van der Waals surface area contributed by atoms with Crippen molar-refractivity contribution < 1.29 is 38.8 Å². The number of carbonyl (C=O) groups excluding carboxylic acids is 2. The Morgan fingerprint density at radius 2 is 1.80 bits per heavy atom. The van der Waals surface area contributed by atoms with E-state index in [0.29, 0.717) is 42.2 Å². The minimum absolute atomic E-state index is 0.0160. The molecule has 2 aromatic rings. The van der Waals surface area contributed by atoms with Gasteiger partial charge in [-0.3, -0.25) is 9.59 Å². The predicted octanol–water partition coefficient (Wildman–Crippen LogP) is 3.06. The van der Waals surface area contributed by atoms with Gasteiger partial charge in [-0.1, -0.05) is 17.7 Å². The third-order valence-corrected chi connectivity index (χ3v) is 9.70. The fourth-order valence-corrected chi connectivity index (χ4v) is 6.40.